The Morgan fingerprint density at radius 2 is 2.00 bits per heavy atom. The number of hydrogen-bond acceptors (Lipinski definition) is 5. The Labute approximate surface area is 152 Å². The summed E-state index contributed by atoms with van der Waals surface area (Å²) in [6, 6.07) is 9.14. The second-order valence-electron chi connectivity index (χ2n) is 6.75. The third kappa shape index (κ3) is 3.85. The Kier molecular flexibility index (Phi) is 4.94. The summed E-state index contributed by atoms with van der Waals surface area (Å²) in [4.78, 5) is 26.4. The van der Waals surface area contributed by atoms with Crippen LogP contribution in [0.4, 0.5) is 11.5 Å². The van der Waals surface area contributed by atoms with Gasteiger partial charge in [0.2, 0.25) is 5.91 Å². The minimum absolute atomic E-state index is 0.0281. The lowest BCUT2D eigenvalue weighted by Crippen LogP contribution is -2.52. The summed E-state index contributed by atoms with van der Waals surface area (Å²) in [7, 11) is 3.89. The normalized spacial score (nSPS) is 19.8. The van der Waals surface area contributed by atoms with Crippen molar-refractivity contribution < 1.29 is 9.59 Å². The average Bonchev–Trinajstić information content (AvgIpc) is 2.94. The van der Waals surface area contributed by atoms with Crippen molar-refractivity contribution in [2.24, 2.45) is 0 Å². The first kappa shape index (κ1) is 17.9. The number of aromatic nitrogens is 2. The second kappa shape index (κ2) is 7.17. The molecule has 3 N–H and O–H groups in total. The molecule has 26 heavy (non-hydrogen) atoms. The van der Waals surface area contributed by atoms with Crippen LogP contribution in [0, 0.1) is 6.92 Å². The summed E-state index contributed by atoms with van der Waals surface area (Å²) in [5.74, 6) is 0.244. The molecule has 1 fully saturated rings. The van der Waals surface area contributed by atoms with Gasteiger partial charge in [-0.3, -0.25) is 14.9 Å². The van der Waals surface area contributed by atoms with Gasteiger partial charge in [0.15, 0.2) is 6.29 Å². The Balaban J connectivity index is 1.79. The van der Waals surface area contributed by atoms with Gasteiger partial charge in [-0.05, 0) is 38.1 Å². The van der Waals surface area contributed by atoms with E-state index in [9.17, 15) is 9.59 Å². The molecular formula is C18H24N6O2. The molecule has 0 spiro atoms. The molecule has 2 aromatic rings. The second-order valence-corrected chi connectivity index (χ2v) is 6.75. The maximum atomic E-state index is 12.6. The molecule has 0 aliphatic carbocycles. The highest BCUT2D eigenvalue weighted by atomic mass is 16.2. The lowest BCUT2D eigenvalue weighted by molar-refractivity contribution is -0.125. The van der Waals surface area contributed by atoms with Crippen LogP contribution in [0.2, 0.25) is 0 Å². The van der Waals surface area contributed by atoms with Crippen molar-refractivity contribution in [1.29, 1.82) is 0 Å². The maximum absolute atomic E-state index is 12.6. The molecule has 1 aliphatic heterocycles. The number of amides is 2. The van der Waals surface area contributed by atoms with E-state index in [0.717, 1.165) is 11.4 Å². The van der Waals surface area contributed by atoms with Crippen molar-refractivity contribution in [3.05, 3.63) is 41.6 Å². The van der Waals surface area contributed by atoms with Gasteiger partial charge < -0.3 is 15.5 Å². The molecule has 0 saturated carbocycles. The largest absolute Gasteiger partial charge is 0.378 e. The number of carbonyl (C=O) groups is 2. The number of nitrogens with zero attached hydrogens (tertiary/aromatic N) is 3. The molecule has 2 amide bonds. The van der Waals surface area contributed by atoms with Gasteiger partial charge in [-0.2, -0.15) is 5.10 Å². The molecule has 8 heteroatoms. The molecule has 2 atom stereocenters. The van der Waals surface area contributed by atoms with Gasteiger partial charge in [-0.1, -0.05) is 0 Å². The number of nitrogens with one attached hydrogen (secondary N) is 3. The van der Waals surface area contributed by atoms with Crippen molar-refractivity contribution in [3.8, 4) is 0 Å². The lowest BCUT2D eigenvalue weighted by Gasteiger charge is -2.30. The van der Waals surface area contributed by atoms with Crippen LogP contribution in [0.25, 0.3) is 0 Å². The van der Waals surface area contributed by atoms with Crippen LogP contribution in [0.3, 0.4) is 0 Å². The minimum atomic E-state index is -0.494. The standard InChI is InChI=1S/C18H24N6O2/c1-11-10-16(25)21-18(19-11)24-15(9-12(2)22-24)20-17(26)13-5-7-14(8-6-13)23(3)4/h5-9,11,18-19H,10H2,1-4H3,(H,20,26)(H,21,25). The fraction of sp³-hybridized carbons (Fsp3) is 0.389. The Bertz CT molecular complexity index is 812. The minimum Gasteiger partial charge on any atom is -0.378 e. The number of aryl methyl sites for hydroxylation is 1. The first-order chi connectivity index (χ1) is 12.3. The first-order valence-corrected chi connectivity index (χ1v) is 8.54. The number of carbonyl (C=O) groups excluding carboxylic acids is 2. The van der Waals surface area contributed by atoms with Gasteiger partial charge in [0.1, 0.15) is 5.82 Å². The van der Waals surface area contributed by atoms with Gasteiger partial charge in [0.25, 0.3) is 5.91 Å². The molecule has 138 valence electrons. The topological polar surface area (TPSA) is 91.3 Å². The SMILES string of the molecule is Cc1cc(NC(=O)c2ccc(N(C)C)cc2)n(C2NC(=O)CC(C)N2)n1. The molecule has 0 bridgehead atoms. The van der Waals surface area contributed by atoms with E-state index < -0.39 is 6.29 Å². The van der Waals surface area contributed by atoms with E-state index in [0.29, 0.717) is 17.8 Å². The maximum Gasteiger partial charge on any atom is 0.256 e. The van der Waals surface area contributed by atoms with Crippen LogP contribution in [0.5, 0.6) is 0 Å². The van der Waals surface area contributed by atoms with E-state index in [4.69, 9.17) is 0 Å². The first-order valence-electron chi connectivity index (χ1n) is 8.54. The predicted molar refractivity (Wildman–Crippen MR) is 100 cm³/mol. The van der Waals surface area contributed by atoms with Crippen LogP contribution >= 0.6 is 0 Å². The number of benzene rings is 1. The molecule has 2 heterocycles. The monoisotopic (exact) mass is 356 g/mol. The molecule has 1 aromatic carbocycles. The summed E-state index contributed by atoms with van der Waals surface area (Å²) < 4.78 is 1.59. The van der Waals surface area contributed by atoms with E-state index in [1.165, 1.54) is 0 Å². The van der Waals surface area contributed by atoms with Crippen molar-refractivity contribution >= 4 is 23.3 Å². The van der Waals surface area contributed by atoms with Gasteiger partial charge in [0, 0.05) is 43.9 Å². The predicted octanol–water partition coefficient (Wildman–Crippen LogP) is 1.46. The molecule has 3 rings (SSSR count). The molecular weight excluding hydrogens is 332 g/mol. The molecule has 0 radical (unpaired) electrons. The van der Waals surface area contributed by atoms with Crippen molar-refractivity contribution in [2.75, 3.05) is 24.3 Å². The van der Waals surface area contributed by atoms with Gasteiger partial charge in [-0.15, -0.1) is 0 Å². The van der Waals surface area contributed by atoms with E-state index in [2.05, 4.69) is 21.0 Å². The summed E-state index contributed by atoms with van der Waals surface area (Å²) in [5.41, 5.74) is 2.32. The Hall–Kier alpha value is -2.87. The highest BCUT2D eigenvalue weighted by molar-refractivity contribution is 6.04. The zero-order valence-electron chi connectivity index (χ0n) is 15.4. The molecule has 8 nitrogen and oxygen atoms in total. The fourth-order valence-corrected chi connectivity index (χ4v) is 2.90. The van der Waals surface area contributed by atoms with E-state index in [1.807, 2.05) is 45.0 Å². The highest BCUT2D eigenvalue weighted by Gasteiger charge is 2.26. The van der Waals surface area contributed by atoms with Crippen molar-refractivity contribution in [1.82, 2.24) is 20.4 Å². The average molecular weight is 356 g/mol. The Morgan fingerprint density at radius 3 is 2.62 bits per heavy atom. The lowest BCUT2D eigenvalue weighted by atomic mass is 10.2. The zero-order valence-corrected chi connectivity index (χ0v) is 15.4. The van der Waals surface area contributed by atoms with Gasteiger partial charge in [0.05, 0.1) is 5.69 Å². The summed E-state index contributed by atoms with van der Waals surface area (Å²) >= 11 is 0. The number of rotatable bonds is 4. The van der Waals surface area contributed by atoms with Crippen LogP contribution in [0.15, 0.2) is 30.3 Å². The van der Waals surface area contributed by atoms with Crippen LogP contribution in [-0.2, 0) is 4.79 Å². The third-order valence-electron chi connectivity index (χ3n) is 4.22. The van der Waals surface area contributed by atoms with E-state index in [-0.39, 0.29) is 17.9 Å². The summed E-state index contributed by atoms with van der Waals surface area (Å²) in [5, 5.41) is 13.4. The third-order valence-corrected chi connectivity index (χ3v) is 4.22. The van der Waals surface area contributed by atoms with Gasteiger partial charge >= 0.3 is 0 Å². The van der Waals surface area contributed by atoms with Crippen molar-refractivity contribution in [2.45, 2.75) is 32.6 Å². The van der Waals surface area contributed by atoms with Crippen LogP contribution in [-0.4, -0.2) is 41.7 Å². The Morgan fingerprint density at radius 1 is 1.31 bits per heavy atom. The van der Waals surface area contributed by atoms with Gasteiger partial charge in [-0.25, -0.2) is 4.68 Å². The number of anilines is 2. The molecule has 1 aliphatic rings. The van der Waals surface area contributed by atoms with E-state index in [1.54, 1.807) is 22.9 Å². The molecule has 1 aromatic heterocycles. The summed E-state index contributed by atoms with van der Waals surface area (Å²) in [6.45, 7) is 3.78. The fourth-order valence-electron chi connectivity index (χ4n) is 2.90. The summed E-state index contributed by atoms with van der Waals surface area (Å²) in [6.07, 6.45) is -0.0807. The highest BCUT2D eigenvalue weighted by Crippen LogP contribution is 2.19. The van der Waals surface area contributed by atoms with E-state index >= 15 is 0 Å². The smallest absolute Gasteiger partial charge is 0.256 e. The number of hydrogen-bond donors (Lipinski definition) is 3. The molecule has 2 unspecified atom stereocenters. The zero-order chi connectivity index (χ0) is 18.8. The van der Waals surface area contributed by atoms with Crippen LogP contribution in [0.1, 0.15) is 35.7 Å². The van der Waals surface area contributed by atoms with Crippen LogP contribution < -0.4 is 20.9 Å². The molecule has 1 saturated heterocycles. The quantitative estimate of drug-likeness (QED) is 0.772. The van der Waals surface area contributed by atoms with Crippen molar-refractivity contribution in [3.63, 3.8) is 0 Å².